The van der Waals surface area contributed by atoms with E-state index in [4.69, 9.17) is 4.74 Å². The van der Waals surface area contributed by atoms with Crippen molar-refractivity contribution in [2.75, 3.05) is 19.7 Å². The van der Waals surface area contributed by atoms with Crippen molar-refractivity contribution in [2.24, 2.45) is 0 Å². The van der Waals surface area contributed by atoms with E-state index < -0.39 is 0 Å². The van der Waals surface area contributed by atoms with Gasteiger partial charge in [-0.1, -0.05) is 6.07 Å². The number of aryl methyl sites for hydroxylation is 1. The number of hydrogen-bond donors (Lipinski definition) is 1. The molecule has 2 heterocycles. The maximum Gasteiger partial charge on any atom is 0.216 e. The van der Waals surface area contributed by atoms with E-state index in [1.165, 1.54) is 5.56 Å². The number of pyridine rings is 1. The zero-order chi connectivity index (χ0) is 9.10. The van der Waals surface area contributed by atoms with Crippen LogP contribution in [-0.4, -0.2) is 24.7 Å². The average Bonchev–Trinajstić information content (AvgIpc) is 2.08. The Morgan fingerprint density at radius 1 is 1.36 bits per heavy atom. The predicted molar refractivity (Wildman–Crippen MR) is 58.3 cm³/mol. The summed E-state index contributed by atoms with van der Waals surface area (Å²) >= 11 is 0. The molecule has 1 aromatic rings. The molecule has 0 aliphatic carbocycles. The largest absolute Gasteiger partial charge is 0.476 e. The summed E-state index contributed by atoms with van der Waals surface area (Å²) in [4.78, 5) is 4.37. The van der Waals surface area contributed by atoms with Crippen LogP contribution in [-0.2, 0) is 6.42 Å². The highest BCUT2D eigenvalue weighted by Crippen LogP contribution is 2.17. The topological polar surface area (TPSA) is 34.1 Å². The van der Waals surface area contributed by atoms with E-state index in [1.807, 2.05) is 13.0 Å². The number of nitrogens with one attached hydrogen (secondary N) is 1. The van der Waals surface area contributed by atoms with Gasteiger partial charge in [0.15, 0.2) is 0 Å². The maximum absolute atomic E-state index is 5.54. The van der Waals surface area contributed by atoms with Gasteiger partial charge in [-0.2, -0.15) is 0 Å². The molecule has 1 N–H and O–H groups in total. The van der Waals surface area contributed by atoms with Gasteiger partial charge in [0.05, 0.1) is 0 Å². The summed E-state index contributed by atoms with van der Waals surface area (Å²) in [5.74, 6) is 0.821. The van der Waals surface area contributed by atoms with Crippen LogP contribution in [0.5, 0.6) is 5.88 Å². The first-order valence-corrected chi connectivity index (χ1v) is 4.66. The van der Waals surface area contributed by atoms with Crippen molar-refractivity contribution in [3.05, 3.63) is 23.4 Å². The molecule has 1 aliphatic rings. The first kappa shape index (κ1) is 11.3. The third-order valence-corrected chi connectivity index (χ3v) is 2.17. The summed E-state index contributed by atoms with van der Waals surface area (Å²) in [5.41, 5.74) is 2.23. The number of hydrogen-bond acceptors (Lipinski definition) is 3. The fourth-order valence-corrected chi connectivity index (χ4v) is 1.44. The smallest absolute Gasteiger partial charge is 0.216 e. The van der Waals surface area contributed by atoms with E-state index in [2.05, 4.69) is 16.4 Å². The van der Waals surface area contributed by atoms with E-state index >= 15 is 0 Å². The van der Waals surface area contributed by atoms with Crippen LogP contribution in [0.25, 0.3) is 0 Å². The number of nitrogens with zero attached hydrogens (tertiary/aromatic N) is 1. The van der Waals surface area contributed by atoms with E-state index in [9.17, 15) is 0 Å². The first-order chi connectivity index (χ1) is 6.36. The lowest BCUT2D eigenvalue weighted by Gasteiger charge is -2.15. The Hall–Kier alpha value is -0.800. The molecule has 4 heteroatoms. The van der Waals surface area contributed by atoms with Crippen molar-refractivity contribution in [2.45, 2.75) is 13.3 Å². The Balaban J connectivity index is 0.000000980. The molecular weight excluding hydrogens is 200 g/mol. The number of rotatable bonds is 0. The Morgan fingerprint density at radius 3 is 3.07 bits per heavy atom. The van der Waals surface area contributed by atoms with Gasteiger partial charge in [0, 0.05) is 17.8 Å². The van der Waals surface area contributed by atoms with Gasteiger partial charge in [0.1, 0.15) is 6.61 Å². The van der Waals surface area contributed by atoms with E-state index in [0.717, 1.165) is 31.1 Å². The van der Waals surface area contributed by atoms with Gasteiger partial charge in [-0.3, -0.25) is 0 Å². The molecule has 78 valence electrons. The minimum Gasteiger partial charge on any atom is -0.476 e. The molecule has 0 fully saturated rings. The standard InChI is InChI=1S/C10H14N2O.ClH/c1-8-2-3-9-4-5-11-6-7-13-10(9)12-8;/h2-3,11H,4-7H2,1H3;1H. The fraction of sp³-hybridized carbons (Fsp3) is 0.500. The van der Waals surface area contributed by atoms with Gasteiger partial charge in [-0.15, -0.1) is 12.4 Å². The minimum atomic E-state index is 0. The number of aromatic nitrogens is 1. The van der Waals surface area contributed by atoms with Crippen LogP contribution in [0, 0.1) is 6.92 Å². The summed E-state index contributed by atoms with van der Waals surface area (Å²) in [5, 5.41) is 3.29. The SMILES string of the molecule is Cc1ccc2c(n1)OCCNCC2.Cl. The number of fused-ring (bicyclic) bond motifs is 1. The first-order valence-electron chi connectivity index (χ1n) is 4.66. The summed E-state index contributed by atoms with van der Waals surface area (Å²) in [6.45, 7) is 4.63. The third kappa shape index (κ3) is 2.59. The minimum absolute atomic E-state index is 0. The molecule has 3 nitrogen and oxygen atoms in total. The van der Waals surface area contributed by atoms with Gasteiger partial charge in [0.25, 0.3) is 0 Å². The molecule has 0 radical (unpaired) electrons. The highest BCUT2D eigenvalue weighted by atomic mass is 35.5. The molecule has 0 spiro atoms. The average molecular weight is 215 g/mol. The molecular formula is C10H15ClN2O. The molecule has 14 heavy (non-hydrogen) atoms. The van der Waals surface area contributed by atoms with Gasteiger partial charge >= 0.3 is 0 Å². The molecule has 0 bridgehead atoms. The summed E-state index contributed by atoms with van der Waals surface area (Å²) in [6.07, 6.45) is 1.00. The van der Waals surface area contributed by atoms with Crippen LogP contribution >= 0.6 is 12.4 Å². The van der Waals surface area contributed by atoms with Gasteiger partial charge in [-0.25, -0.2) is 4.98 Å². The highest BCUT2D eigenvalue weighted by Gasteiger charge is 2.07. The van der Waals surface area contributed by atoms with E-state index in [-0.39, 0.29) is 12.4 Å². The lowest BCUT2D eigenvalue weighted by molar-refractivity contribution is 0.291. The zero-order valence-electron chi connectivity index (χ0n) is 8.25. The van der Waals surface area contributed by atoms with Crippen molar-refractivity contribution < 1.29 is 4.74 Å². The van der Waals surface area contributed by atoms with Crippen LogP contribution in [0.3, 0.4) is 0 Å². The number of ether oxygens (including phenoxy) is 1. The van der Waals surface area contributed by atoms with Crippen molar-refractivity contribution >= 4 is 12.4 Å². The fourth-order valence-electron chi connectivity index (χ4n) is 1.44. The van der Waals surface area contributed by atoms with Gasteiger partial charge in [0.2, 0.25) is 5.88 Å². The Bertz CT molecular complexity index is 304. The maximum atomic E-state index is 5.54. The Labute approximate surface area is 90.3 Å². The predicted octanol–water partition coefficient (Wildman–Crippen LogP) is 1.34. The van der Waals surface area contributed by atoms with Crippen LogP contribution in [0.1, 0.15) is 11.3 Å². The van der Waals surface area contributed by atoms with Crippen LogP contribution in [0.4, 0.5) is 0 Å². The van der Waals surface area contributed by atoms with Crippen molar-refractivity contribution in [3.8, 4) is 5.88 Å². The molecule has 2 rings (SSSR count). The van der Waals surface area contributed by atoms with Gasteiger partial charge in [-0.05, 0) is 26.0 Å². The molecule has 0 unspecified atom stereocenters. The number of halogens is 1. The zero-order valence-corrected chi connectivity index (χ0v) is 9.06. The molecule has 0 atom stereocenters. The van der Waals surface area contributed by atoms with Crippen molar-refractivity contribution in [1.29, 1.82) is 0 Å². The third-order valence-electron chi connectivity index (χ3n) is 2.17. The monoisotopic (exact) mass is 214 g/mol. The highest BCUT2D eigenvalue weighted by molar-refractivity contribution is 5.85. The summed E-state index contributed by atoms with van der Waals surface area (Å²) in [7, 11) is 0. The van der Waals surface area contributed by atoms with Crippen molar-refractivity contribution in [3.63, 3.8) is 0 Å². The summed E-state index contributed by atoms with van der Waals surface area (Å²) in [6, 6.07) is 4.13. The summed E-state index contributed by atoms with van der Waals surface area (Å²) < 4.78 is 5.54. The molecule has 0 amide bonds. The quantitative estimate of drug-likeness (QED) is 0.708. The lowest BCUT2D eigenvalue weighted by atomic mass is 10.2. The van der Waals surface area contributed by atoms with Crippen LogP contribution in [0.15, 0.2) is 12.1 Å². The van der Waals surface area contributed by atoms with Crippen molar-refractivity contribution in [1.82, 2.24) is 10.3 Å². The Kier molecular flexibility index (Phi) is 4.17. The molecule has 0 saturated heterocycles. The molecule has 1 aliphatic heterocycles. The van der Waals surface area contributed by atoms with Gasteiger partial charge < -0.3 is 10.1 Å². The molecule has 0 aromatic carbocycles. The van der Waals surface area contributed by atoms with Crippen LogP contribution < -0.4 is 10.1 Å². The second kappa shape index (κ2) is 5.17. The Morgan fingerprint density at radius 2 is 2.21 bits per heavy atom. The van der Waals surface area contributed by atoms with Crippen LogP contribution in [0.2, 0.25) is 0 Å². The molecule has 0 saturated carbocycles. The second-order valence-corrected chi connectivity index (χ2v) is 3.27. The van der Waals surface area contributed by atoms with E-state index in [1.54, 1.807) is 0 Å². The lowest BCUT2D eigenvalue weighted by Crippen LogP contribution is -2.26. The normalized spacial score (nSPS) is 15.5. The van der Waals surface area contributed by atoms with E-state index in [0.29, 0.717) is 6.61 Å². The second-order valence-electron chi connectivity index (χ2n) is 3.27. The molecule has 1 aromatic heterocycles.